The number of hydrogen-bond acceptors (Lipinski definition) is 2. The Morgan fingerprint density at radius 2 is 2.17 bits per heavy atom. The Morgan fingerprint density at radius 1 is 1.58 bits per heavy atom. The van der Waals surface area contributed by atoms with Gasteiger partial charge in [0.25, 0.3) is 0 Å². The van der Waals surface area contributed by atoms with Gasteiger partial charge in [0.1, 0.15) is 0 Å². The lowest BCUT2D eigenvalue weighted by Crippen LogP contribution is -2.31. The van der Waals surface area contributed by atoms with E-state index in [1.54, 1.807) is 0 Å². The van der Waals surface area contributed by atoms with Gasteiger partial charge in [-0.15, -0.1) is 0 Å². The Hall–Kier alpha value is -1.06. The van der Waals surface area contributed by atoms with Gasteiger partial charge in [0.15, 0.2) is 0 Å². The van der Waals surface area contributed by atoms with Gasteiger partial charge < -0.3 is 5.73 Å². The molecule has 1 rings (SSSR count). The molecule has 1 aliphatic rings. The van der Waals surface area contributed by atoms with Crippen molar-refractivity contribution in [2.75, 3.05) is 0 Å². The highest BCUT2D eigenvalue weighted by atomic mass is 16.2. The number of nitrogens with two attached hydrogens (primary N) is 1. The van der Waals surface area contributed by atoms with Crippen molar-refractivity contribution in [3.8, 4) is 0 Å². The maximum Gasteiger partial charge on any atom is 0.332 e. The maximum atomic E-state index is 10.3. The molecule has 3 N–H and O–H groups in total. The van der Waals surface area contributed by atoms with E-state index in [1.807, 2.05) is 6.92 Å². The first-order valence-corrected chi connectivity index (χ1v) is 4.19. The van der Waals surface area contributed by atoms with Gasteiger partial charge in [-0.1, -0.05) is 6.92 Å². The summed E-state index contributed by atoms with van der Waals surface area (Å²) in [4.78, 5) is 10.3. The number of carbonyl (C=O) groups is 1. The number of nitrogens with zero attached hydrogens (tertiary/aromatic N) is 1. The molecule has 0 unspecified atom stereocenters. The second kappa shape index (κ2) is 3.56. The topological polar surface area (TPSA) is 67.5 Å². The molecule has 0 bridgehead atoms. The van der Waals surface area contributed by atoms with Gasteiger partial charge in [-0.2, -0.15) is 5.10 Å². The van der Waals surface area contributed by atoms with Crippen molar-refractivity contribution < 1.29 is 4.79 Å². The number of nitrogens with one attached hydrogen (secondary N) is 1. The van der Waals surface area contributed by atoms with Crippen LogP contribution in [0.25, 0.3) is 0 Å². The van der Waals surface area contributed by atoms with Crippen molar-refractivity contribution in [3.05, 3.63) is 0 Å². The first kappa shape index (κ1) is 9.03. The molecule has 1 fully saturated rings. The molecule has 0 radical (unpaired) electrons. The second-order valence-electron chi connectivity index (χ2n) is 3.50. The zero-order valence-corrected chi connectivity index (χ0v) is 7.50. The van der Waals surface area contributed by atoms with Crippen molar-refractivity contribution >= 4 is 11.7 Å². The van der Waals surface area contributed by atoms with Crippen LogP contribution in [0.3, 0.4) is 0 Å². The lowest BCUT2D eigenvalue weighted by atomic mass is 9.74. The number of hydrazone groups is 1. The van der Waals surface area contributed by atoms with E-state index in [9.17, 15) is 4.79 Å². The van der Waals surface area contributed by atoms with E-state index < -0.39 is 6.03 Å². The van der Waals surface area contributed by atoms with Crippen LogP contribution in [0.15, 0.2) is 5.10 Å². The van der Waals surface area contributed by atoms with E-state index in [0.29, 0.717) is 5.92 Å². The Balaban J connectivity index is 2.32. The monoisotopic (exact) mass is 169 g/mol. The molecule has 1 saturated carbocycles. The third kappa shape index (κ3) is 2.22. The highest BCUT2D eigenvalue weighted by Crippen LogP contribution is 2.33. The SMILES string of the molecule is C/C(=N\NC(N)=O)C1CC(C)C1. The van der Waals surface area contributed by atoms with E-state index >= 15 is 0 Å². The van der Waals surface area contributed by atoms with E-state index in [-0.39, 0.29) is 0 Å². The summed E-state index contributed by atoms with van der Waals surface area (Å²) in [6, 6.07) is -0.596. The number of primary amides is 1. The molecule has 0 spiro atoms. The third-order valence-electron chi connectivity index (χ3n) is 2.31. The van der Waals surface area contributed by atoms with Crippen molar-refractivity contribution in [1.82, 2.24) is 5.43 Å². The molecule has 12 heavy (non-hydrogen) atoms. The lowest BCUT2D eigenvalue weighted by Gasteiger charge is -2.32. The van der Waals surface area contributed by atoms with Crippen LogP contribution < -0.4 is 11.2 Å². The van der Waals surface area contributed by atoms with Crippen molar-refractivity contribution in [3.63, 3.8) is 0 Å². The Morgan fingerprint density at radius 3 is 2.58 bits per heavy atom. The molecule has 0 aliphatic heterocycles. The van der Waals surface area contributed by atoms with E-state index in [0.717, 1.165) is 11.6 Å². The van der Waals surface area contributed by atoms with E-state index in [1.165, 1.54) is 12.8 Å². The van der Waals surface area contributed by atoms with Gasteiger partial charge >= 0.3 is 6.03 Å². The van der Waals surface area contributed by atoms with Gasteiger partial charge in [-0.25, -0.2) is 10.2 Å². The first-order valence-electron chi connectivity index (χ1n) is 4.19. The van der Waals surface area contributed by atoms with Gasteiger partial charge in [-0.05, 0) is 31.6 Å². The molecule has 1 aliphatic carbocycles. The van der Waals surface area contributed by atoms with Gasteiger partial charge in [0, 0.05) is 5.71 Å². The minimum absolute atomic E-state index is 0.548. The summed E-state index contributed by atoms with van der Waals surface area (Å²) < 4.78 is 0. The van der Waals surface area contributed by atoms with Crippen LogP contribution >= 0.6 is 0 Å². The number of rotatable bonds is 2. The molecule has 0 aromatic rings. The number of amides is 2. The van der Waals surface area contributed by atoms with Crippen LogP contribution in [0.1, 0.15) is 26.7 Å². The molecule has 0 atom stereocenters. The lowest BCUT2D eigenvalue weighted by molar-refractivity contribution is 0.248. The molecular weight excluding hydrogens is 154 g/mol. The highest BCUT2D eigenvalue weighted by molar-refractivity contribution is 5.86. The van der Waals surface area contributed by atoms with Crippen LogP contribution in [0.5, 0.6) is 0 Å². The summed E-state index contributed by atoms with van der Waals surface area (Å²) >= 11 is 0. The van der Waals surface area contributed by atoms with Gasteiger partial charge in [0.05, 0.1) is 0 Å². The van der Waals surface area contributed by atoms with Crippen molar-refractivity contribution in [2.24, 2.45) is 22.7 Å². The average Bonchev–Trinajstić information content (AvgIpc) is 1.94. The number of hydrogen-bond donors (Lipinski definition) is 2. The molecule has 4 nitrogen and oxygen atoms in total. The molecule has 4 heteroatoms. The van der Waals surface area contributed by atoms with Crippen molar-refractivity contribution in [2.45, 2.75) is 26.7 Å². The number of carbonyl (C=O) groups excluding carboxylic acids is 1. The van der Waals surface area contributed by atoms with Gasteiger partial charge in [-0.3, -0.25) is 0 Å². The summed E-state index contributed by atoms with van der Waals surface area (Å²) in [6.07, 6.45) is 2.35. The van der Waals surface area contributed by atoms with Crippen LogP contribution in [0.2, 0.25) is 0 Å². The summed E-state index contributed by atoms with van der Waals surface area (Å²) in [5.74, 6) is 1.35. The molecule has 2 amide bonds. The predicted octanol–water partition coefficient (Wildman–Crippen LogP) is 1.08. The summed E-state index contributed by atoms with van der Waals surface area (Å²) in [5.41, 5.74) is 8.09. The predicted molar refractivity (Wildman–Crippen MR) is 47.7 cm³/mol. The van der Waals surface area contributed by atoms with E-state index in [2.05, 4.69) is 17.5 Å². The first-order chi connectivity index (χ1) is 5.59. The zero-order valence-electron chi connectivity index (χ0n) is 7.50. The molecule has 0 aromatic carbocycles. The fraction of sp³-hybridized carbons (Fsp3) is 0.750. The minimum atomic E-state index is -0.596. The minimum Gasteiger partial charge on any atom is -0.350 e. The molecule has 0 aromatic heterocycles. The molecule has 0 saturated heterocycles. The maximum absolute atomic E-state index is 10.3. The van der Waals surface area contributed by atoms with Crippen LogP contribution in [-0.4, -0.2) is 11.7 Å². The Labute approximate surface area is 72.2 Å². The smallest absolute Gasteiger partial charge is 0.332 e. The Bertz CT molecular complexity index is 206. The molecular formula is C8H15N3O. The summed E-state index contributed by atoms with van der Waals surface area (Å²) in [7, 11) is 0. The quantitative estimate of drug-likeness (QED) is 0.471. The van der Waals surface area contributed by atoms with Gasteiger partial charge in [0.2, 0.25) is 0 Å². The molecule has 68 valence electrons. The van der Waals surface area contributed by atoms with E-state index in [4.69, 9.17) is 5.73 Å². The van der Waals surface area contributed by atoms with Crippen LogP contribution in [0, 0.1) is 11.8 Å². The normalized spacial score (nSPS) is 29.3. The standard InChI is InChI=1S/C8H15N3O/c1-5-3-7(4-5)6(2)10-11-8(9)12/h5,7H,3-4H2,1-2H3,(H3,9,11,12)/b10-6+. The summed E-state index contributed by atoms with van der Waals surface area (Å²) in [5, 5.41) is 3.87. The fourth-order valence-corrected chi connectivity index (χ4v) is 1.48. The number of urea groups is 1. The largest absolute Gasteiger partial charge is 0.350 e. The Kier molecular flexibility index (Phi) is 2.68. The zero-order chi connectivity index (χ0) is 9.14. The van der Waals surface area contributed by atoms with Crippen LogP contribution in [-0.2, 0) is 0 Å². The van der Waals surface area contributed by atoms with Crippen molar-refractivity contribution in [1.29, 1.82) is 0 Å². The fourth-order valence-electron chi connectivity index (χ4n) is 1.48. The second-order valence-corrected chi connectivity index (χ2v) is 3.50. The average molecular weight is 169 g/mol. The highest BCUT2D eigenvalue weighted by Gasteiger charge is 2.27. The third-order valence-corrected chi connectivity index (χ3v) is 2.31. The molecule has 0 heterocycles. The summed E-state index contributed by atoms with van der Waals surface area (Å²) in [6.45, 7) is 4.14. The van der Waals surface area contributed by atoms with Crippen LogP contribution in [0.4, 0.5) is 4.79 Å².